The molecule has 3 rings (SSSR count). The van der Waals surface area contributed by atoms with Gasteiger partial charge in [0.15, 0.2) is 18.1 Å². The molecule has 0 saturated carbocycles. The summed E-state index contributed by atoms with van der Waals surface area (Å²) in [7, 11) is 0. The predicted octanol–water partition coefficient (Wildman–Crippen LogP) is 5.24. The topological polar surface area (TPSA) is 95.5 Å². The molecule has 0 bridgehead atoms. The van der Waals surface area contributed by atoms with E-state index in [1.807, 2.05) is 45.9 Å². The number of hydrogen-bond donors (Lipinski definition) is 1. The zero-order valence-corrected chi connectivity index (χ0v) is 21.6. The van der Waals surface area contributed by atoms with Gasteiger partial charge < -0.3 is 18.9 Å². The Morgan fingerprint density at radius 1 is 0.838 bits per heavy atom. The van der Waals surface area contributed by atoms with E-state index in [0.29, 0.717) is 41.6 Å². The van der Waals surface area contributed by atoms with Crippen LogP contribution in [0, 0.1) is 13.8 Å². The van der Waals surface area contributed by atoms with Gasteiger partial charge in [-0.2, -0.15) is 5.10 Å². The van der Waals surface area contributed by atoms with E-state index in [-0.39, 0.29) is 12.4 Å². The maximum absolute atomic E-state index is 12.6. The summed E-state index contributed by atoms with van der Waals surface area (Å²) in [6.45, 7) is 8.68. The Hall–Kier alpha value is -4.33. The average molecular weight is 505 g/mol. The number of hydrogen-bond acceptors (Lipinski definition) is 7. The smallest absolute Gasteiger partial charge is 0.343 e. The lowest BCUT2D eigenvalue weighted by Gasteiger charge is -2.12. The van der Waals surface area contributed by atoms with Gasteiger partial charge >= 0.3 is 5.97 Å². The van der Waals surface area contributed by atoms with Crippen LogP contribution in [0.15, 0.2) is 65.8 Å². The van der Waals surface area contributed by atoms with Gasteiger partial charge in [-0.05, 0) is 98.5 Å². The summed E-state index contributed by atoms with van der Waals surface area (Å²) in [5.41, 5.74) is 5.71. The first kappa shape index (κ1) is 27.3. The molecule has 0 radical (unpaired) electrons. The molecule has 3 aromatic rings. The van der Waals surface area contributed by atoms with Crippen LogP contribution in [0.5, 0.6) is 23.0 Å². The zero-order valence-electron chi connectivity index (χ0n) is 21.6. The molecular formula is C29H32N2O6. The van der Waals surface area contributed by atoms with Crippen molar-refractivity contribution < 1.29 is 28.5 Å². The molecule has 0 saturated heterocycles. The second-order valence-electron chi connectivity index (χ2n) is 8.23. The Morgan fingerprint density at radius 3 is 2.30 bits per heavy atom. The Kier molecular flexibility index (Phi) is 10.1. The lowest BCUT2D eigenvalue weighted by Crippen LogP contribution is -2.24. The van der Waals surface area contributed by atoms with E-state index in [2.05, 4.69) is 10.5 Å². The summed E-state index contributed by atoms with van der Waals surface area (Å²) >= 11 is 0. The minimum atomic E-state index is -0.513. The maximum atomic E-state index is 12.6. The van der Waals surface area contributed by atoms with Gasteiger partial charge in [-0.15, -0.1) is 0 Å². The number of benzene rings is 3. The monoisotopic (exact) mass is 504 g/mol. The van der Waals surface area contributed by atoms with Gasteiger partial charge in [-0.3, -0.25) is 4.79 Å². The van der Waals surface area contributed by atoms with Gasteiger partial charge in [0.05, 0.1) is 25.0 Å². The number of aryl methyl sites for hydroxylation is 2. The molecule has 0 heterocycles. The van der Waals surface area contributed by atoms with Crippen LogP contribution in [0.3, 0.4) is 0 Å². The molecule has 8 heteroatoms. The molecule has 0 atom stereocenters. The van der Waals surface area contributed by atoms with Crippen molar-refractivity contribution in [3.05, 3.63) is 82.9 Å². The molecule has 0 aliphatic rings. The normalized spacial score (nSPS) is 10.7. The van der Waals surface area contributed by atoms with Crippen molar-refractivity contribution in [2.24, 2.45) is 5.10 Å². The predicted molar refractivity (Wildman–Crippen MR) is 142 cm³/mol. The van der Waals surface area contributed by atoms with Gasteiger partial charge in [0.1, 0.15) is 11.5 Å². The van der Waals surface area contributed by atoms with Gasteiger partial charge in [0.25, 0.3) is 5.91 Å². The second kappa shape index (κ2) is 13.7. The first-order valence-corrected chi connectivity index (χ1v) is 12.1. The quantitative estimate of drug-likeness (QED) is 0.157. The number of carbonyl (C=O) groups is 2. The Labute approximate surface area is 217 Å². The van der Waals surface area contributed by atoms with Crippen LogP contribution >= 0.6 is 0 Å². The number of ether oxygens (including phenoxy) is 4. The van der Waals surface area contributed by atoms with Crippen molar-refractivity contribution in [1.82, 2.24) is 5.43 Å². The van der Waals surface area contributed by atoms with Crippen LogP contribution in [0.25, 0.3) is 0 Å². The third kappa shape index (κ3) is 8.38. The second-order valence-corrected chi connectivity index (χ2v) is 8.23. The molecule has 3 aromatic carbocycles. The van der Waals surface area contributed by atoms with Gasteiger partial charge in [-0.1, -0.05) is 13.0 Å². The maximum Gasteiger partial charge on any atom is 0.343 e. The summed E-state index contributed by atoms with van der Waals surface area (Å²) in [5, 5.41) is 3.97. The van der Waals surface area contributed by atoms with Crippen LogP contribution in [-0.2, 0) is 4.79 Å². The highest BCUT2D eigenvalue weighted by atomic mass is 16.6. The summed E-state index contributed by atoms with van der Waals surface area (Å²) in [6.07, 6.45) is 2.37. The number of nitrogens with zero attached hydrogens (tertiary/aromatic N) is 1. The van der Waals surface area contributed by atoms with E-state index < -0.39 is 11.9 Å². The number of esters is 1. The molecule has 8 nitrogen and oxygen atoms in total. The molecule has 0 spiro atoms. The van der Waals surface area contributed by atoms with Gasteiger partial charge in [0, 0.05) is 0 Å². The van der Waals surface area contributed by atoms with Gasteiger partial charge in [0.2, 0.25) is 0 Å². The van der Waals surface area contributed by atoms with E-state index in [4.69, 9.17) is 18.9 Å². The number of nitrogens with one attached hydrogen (secondary N) is 1. The van der Waals surface area contributed by atoms with Crippen LogP contribution < -0.4 is 24.4 Å². The number of hydrazone groups is 1. The first-order chi connectivity index (χ1) is 17.9. The minimum absolute atomic E-state index is 0.162. The minimum Gasteiger partial charge on any atom is -0.494 e. The molecule has 194 valence electrons. The summed E-state index contributed by atoms with van der Waals surface area (Å²) in [6, 6.07) is 17.4. The highest BCUT2D eigenvalue weighted by Crippen LogP contribution is 2.29. The standard InChI is InChI=1S/C29H32N2O6/c1-5-15-35-24-12-9-23(10-13-24)29(33)37-26-14-8-22(17-27(26)34-6-2)18-30-31-28(32)19-36-25-11-7-20(3)21(4)16-25/h7-14,16-18H,5-6,15,19H2,1-4H3,(H,31,32)/b30-18-. The molecule has 0 fully saturated rings. The van der Waals surface area contributed by atoms with Crippen molar-refractivity contribution in [3.8, 4) is 23.0 Å². The van der Waals surface area contributed by atoms with Crippen molar-refractivity contribution in [2.75, 3.05) is 19.8 Å². The number of carbonyl (C=O) groups excluding carboxylic acids is 2. The van der Waals surface area contributed by atoms with E-state index in [9.17, 15) is 9.59 Å². The molecule has 0 aliphatic carbocycles. The molecule has 0 aliphatic heterocycles. The van der Waals surface area contributed by atoms with E-state index >= 15 is 0 Å². The Balaban J connectivity index is 1.57. The lowest BCUT2D eigenvalue weighted by atomic mass is 10.1. The fourth-order valence-corrected chi connectivity index (χ4v) is 3.19. The summed E-state index contributed by atoms with van der Waals surface area (Å²) in [5.74, 6) is 1.07. The third-order valence-corrected chi connectivity index (χ3v) is 5.28. The van der Waals surface area contributed by atoms with Crippen LogP contribution in [0.2, 0.25) is 0 Å². The van der Waals surface area contributed by atoms with Crippen LogP contribution in [0.1, 0.15) is 47.3 Å². The highest BCUT2D eigenvalue weighted by Gasteiger charge is 2.13. The largest absolute Gasteiger partial charge is 0.494 e. The fraction of sp³-hybridized carbons (Fsp3) is 0.276. The number of rotatable bonds is 12. The lowest BCUT2D eigenvalue weighted by molar-refractivity contribution is -0.123. The van der Waals surface area contributed by atoms with E-state index in [1.54, 1.807) is 42.5 Å². The van der Waals surface area contributed by atoms with Gasteiger partial charge in [-0.25, -0.2) is 10.2 Å². The highest BCUT2D eigenvalue weighted by molar-refractivity contribution is 5.92. The number of amides is 1. The zero-order chi connectivity index (χ0) is 26.6. The van der Waals surface area contributed by atoms with E-state index in [0.717, 1.165) is 17.5 Å². The molecular weight excluding hydrogens is 472 g/mol. The SMILES string of the molecule is CCCOc1ccc(C(=O)Oc2ccc(/C=N\NC(=O)COc3ccc(C)c(C)c3)cc2OCC)cc1. The molecule has 1 amide bonds. The van der Waals surface area contributed by atoms with Crippen LogP contribution in [0.4, 0.5) is 0 Å². The van der Waals surface area contributed by atoms with Crippen molar-refractivity contribution >= 4 is 18.1 Å². The van der Waals surface area contributed by atoms with Crippen molar-refractivity contribution in [2.45, 2.75) is 34.1 Å². The van der Waals surface area contributed by atoms with Crippen molar-refractivity contribution in [1.29, 1.82) is 0 Å². The molecule has 37 heavy (non-hydrogen) atoms. The third-order valence-electron chi connectivity index (χ3n) is 5.28. The van der Waals surface area contributed by atoms with E-state index in [1.165, 1.54) is 6.21 Å². The molecule has 0 unspecified atom stereocenters. The Morgan fingerprint density at radius 2 is 1.59 bits per heavy atom. The Bertz CT molecular complexity index is 1240. The first-order valence-electron chi connectivity index (χ1n) is 12.1. The summed E-state index contributed by atoms with van der Waals surface area (Å²) in [4.78, 5) is 24.7. The fourth-order valence-electron chi connectivity index (χ4n) is 3.19. The average Bonchev–Trinajstić information content (AvgIpc) is 2.90. The molecule has 0 aromatic heterocycles. The van der Waals surface area contributed by atoms with Crippen molar-refractivity contribution in [3.63, 3.8) is 0 Å². The molecule has 1 N–H and O–H groups in total. The summed E-state index contributed by atoms with van der Waals surface area (Å²) < 4.78 is 22.3. The van der Waals surface area contributed by atoms with Crippen LogP contribution in [-0.4, -0.2) is 37.9 Å².